The van der Waals surface area contributed by atoms with Crippen molar-refractivity contribution in [3.8, 4) is 0 Å². The number of hydrogen-bond acceptors (Lipinski definition) is 3. The summed E-state index contributed by atoms with van der Waals surface area (Å²) < 4.78 is 0. The first-order chi connectivity index (χ1) is 17.9. The number of rotatable bonds is 7. The maximum absolute atomic E-state index is 13.9. The van der Waals surface area contributed by atoms with E-state index in [2.05, 4.69) is 26.1 Å². The summed E-state index contributed by atoms with van der Waals surface area (Å²) in [6.07, 6.45) is 3.78. The molecule has 2 aromatic rings. The van der Waals surface area contributed by atoms with Crippen LogP contribution in [0.1, 0.15) is 68.8 Å². The fourth-order valence-corrected chi connectivity index (χ4v) is 6.21. The summed E-state index contributed by atoms with van der Waals surface area (Å²) in [7, 11) is 0. The van der Waals surface area contributed by atoms with Gasteiger partial charge in [-0.2, -0.15) is 0 Å². The summed E-state index contributed by atoms with van der Waals surface area (Å²) in [5.74, 6) is -0.692. The second-order valence-electron chi connectivity index (χ2n) is 11.5. The van der Waals surface area contributed by atoms with Crippen molar-refractivity contribution in [3.63, 3.8) is 0 Å². The Morgan fingerprint density at radius 3 is 2.32 bits per heavy atom. The van der Waals surface area contributed by atoms with Gasteiger partial charge < -0.3 is 15.3 Å². The normalized spacial score (nSPS) is 21.7. The van der Waals surface area contributed by atoms with E-state index in [0.717, 1.165) is 31.2 Å². The summed E-state index contributed by atoms with van der Waals surface area (Å²) in [6, 6.07) is 12.3. The number of amides is 3. The molecule has 2 fully saturated rings. The number of anilines is 1. The maximum Gasteiger partial charge on any atom is 0.325 e. The van der Waals surface area contributed by atoms with E-state index in [1.54, 1.807) is 35.2 Å². The van der Waals surface area contributed by atoms with Gasteiger partial charge in [0.25, 0.3) is 5.91 Å². The first-order valence-electron chi connectivity index (χ1n) is 13.0. The number of aliphatic carboxylic acids is 1. The highest BCUT2D eigenvalue weighted by atomic mass is 35.5. The molecule has 204 valence electrons. The van der Waals surface area contributed by atoms with Crippen molar-refractivity contribution >= 4 is 46.8 Å². The molecule has 7 nitrogen and oxygen atoms in total. The standard InChI is InChI=1S/C29H35Cl2N3O4/c1-28(2,3)21-10-13-29(14-11-21)18-33(24-9-8-22(30)16-23(24)31)27(38)34(29)17-19-4-6-20(7-5-19)26(37)32-15-12-25(35)36/h4-9,16,21H,10-15,17-18H2,1-3H3,(H,32,37)(H,35,36). The molecule has 1 aliphatic carbocycles. The number of hydrogen-bond donors (Lipinski definition) is 2. The molecule has 0 radical (unpaired) electrons. The van der Waals surface area contributed by atoms with Gasteiger partial charge in [0.1, 0.15) is 0 Å². The molecular weight excluding hydrogens is 525 g/mol. The minimum atomic E-state index is -0.963. The van der Waals surface area contributed by atoms with E-state index in [1.807, 2.05) is 17.0 Å². The minimum Gasteiger partial charge on any atom is -0.481 e. The number of carboxylic acids is 1. The lowest BCUT2D eigenvalue weighted by Gasteiger charge is -2.45. The van der Waals surface area contributed by atoms with Crippen molar-refractivity contribution in [2.45, 2.75) is 65.0 Å². The number of benzene rings is 2. The second kappa shape index (κ2) is 11.1. The predicted molar refractivity (Wildman–Crippen MR) is 150 cm³/mol. The van der Waals surface area contributed by atoms with Crippen molar-refractivity contribution in [2.24, 2.45) is 11.3 Å². The van der Waals surface area contributed by atoms with Gasteiger partial charge in [0, 0.05) is 23.7 Å². The predicted octanol–water partition coefficient (Wildman–Crippen LogP) is 6.62. The number of urea groups is 1. The summed E-state index contributed by atoms with van der Waals surface area (Å²) >= 11 is 12.6. The lowest BCUT2D eigenvalue weighted by atomic mass is 9.67. The van der Waals surface area contributed by atoms with E-state index in [0.29, 0.717) is 40.3 Å². The third kappa shape index (κ3) is 6.10. The number of carbonyl (C=O) groups excluding carboxylic acids is 2. The van der Waals surface area contributed by atoms with E-state index < -0.39 is 5.97 Å². The molecule has 0 atom stereocenters. The highest BCUT2D eigenvalue weighted by Gasteiger charge is 2.52. The van der Waals surface area contributed by atoms with Gasteiger partial charge >= 0.3 is 12.0 Å². The van der Waals surface area contributed by atoms with Crippen molar-refractivity contribution in [1.29, 1.82) is 0 Å². The Hall–Kier alpha value is -2.77. The van der Waals surface area contributed by atoms with Gasteiger partial charge in [0.15, 0.2) is 0 Å². The summed E-state index contributed by atoms with van der Waals surface area (Å²) in [5, 5.41) is 12.4. The fraction of sp³-hybridized carbons (Fsp3) is 0.483. The smallest absolute Gasteiger partial charge is 0.325 e. The van der Waals surface area contributed by atoms with Crippen molar-refractivity contribution < 1.29 is 19.5 Å². The molecule has 1 heterocycles. The number of halogens is 2. The molecule has 0 aromatic heterocycles. The molecule has 1 saturated heterocycles. The van der Waals surface area contributed by atoms with E-state index in [1.165, 1.54) is 0 Å². The molecular formula is C29H35Cl2N3O4. The van der Waals surface area contributed by atoms with Crippen molar-refractivity contribution in [1.82, 2.24) is 10.2 Å². The number of nitrogens with one attached hydrogen (secondary N) is 1. The van der Waals surface area contributed by atoms with E-state index in [4.69, 9.17) is 28.3 Å². The molecule has 38 heavy (non-hydrogen) atoms. The summed E-state index contributed by atoms with van der Waals surface area (Å²) in [6.45, 7) is 7.90. The van der Waals surface area contributed by atoms with Crippen LogP contribution in [0.25, 0.3) is 0 Å². The van der Waals surface area contributed by atoms with E-state index >= 15 is 0 Å². The van der Waals surface area contributed by atoms with Gasteiger partial charge in [-0.3, -0.25) is 14.5 Å². The Labute approximate surface area is 234 Å². The summed E-state index contributed by atoms with van der Waals surface area (Å²) in [4.78, 5) is 40.7. The number of carboxylic acid groups (broad SMARTS) is 1. The van der Waals surface area contributed by atoms with E-state index in [9.17, 15) is 14.4 Å². The number of carbonyl (C=O) groups is 3. The molecule has 1 saturated carbocycles. The van der Waals surface area contributed by atoms with Crippen LogP contribution in [-0.2, 0) is 11.3 Å². The van der Waals surface area contributed by atoms with Gasteiger partial charge in [0.05, 0.1) is 29.2 Å². The van der Waals surface area contributed by atoms with Crippen molar-refractivity contribution in [3.05, 3.63) is 63.6 Å². The van der Waals surface area contributed by atoms with Crippen LogP contribution in [0, 0.1) is 11.3 Å². The highest BCUT2D eigenvalue weighted by molar-refractivity contribution is 6.36. The van der Waals surface area contributed by atoms with Gasteiger partial charge in [-0.1, -0.05) is 56.1 Å². The lowest BCUT2D eigenvalue weighted by molar-refractivity contribution is -0.136. The van der Waals surface area contributed by atoms with Crippen LogP contribution in [0.4, 0.5) is 10.5 Å². The third-order valence-electron chi connectivity index (χ3n) is 8.01. The zero-order valence-corrected chi connectivity index (χ0v) is 23.6. The minimum absolute atomic E-state index is 0.0688. The van der Waals surface area contributed by atoms with E-state index in [-0.39, 0.29) is 35.9 Å². The van der Waals surface area contributed by atoms with Gasteiger partial charge in [-0.15, -0.1) is 0 Å². The Morgan fingerprint density at radius 1 is 1.08 bits per heavy atom. The summed E-state index contributed by atoms with van der Waals surface area (Å²) in [5.41, 5.74) is 1.93. The van der Waals surface area contributed by atoms with Crippen LogP contribution < -0.4 is 10.2 Å². The van der Waals surface area contributed by atoms with Gasteiger partial charge in [0.2, 0.25) is 0 Å². The highest BCUT2D eigenvalue weighted by Crippen LogP contribution is 2.48. The van der Waals surface area contributed by atoms with Crippen LogP contribution in [0.3, 0.4) is 0 Å². The Kier molecular flexibility index (Phi) is 8.29. The molecule has 1 spiro atoms. The molecule has 2 aliphatic rings. The lowest BCUT2D eigenvalue weighted by Crippen LogP contribution is -2.50. The van der Waals surface area contributed by atoms with Crippen molar-refractivity contribution in [2.75, 3.05) is 18.0 Å². The van der Waals surface area contributed by atoms with Crippen LogP contribution in [0.2, 0.25) is 10.0 Å². The second-order valence-corrected chi connectivity index (χ2v) is 12.4. The first-order valence-corrected chi connectivity index (χ1v) is 13.8. The monoisotopic (exact) mass is 559 g/mol. The van der Waals surface area contributed by atoms with Crippen LogP contribution in [0.5, 0.6) is 0 Å². The molecule has 2 N–H and O–H groups in total. The number of nitrogens with zero attached hydrogens (tertiary/aromatic N) is 2. The molecule has 0 unspecified atom stereocenters. The van der Waals surface area contributed by atoms with Crippen LogP contribution in [-0.4, -0.2) is 46.5 Å². The zero-order valence-electron chi connectivity index (χ0n) is 22.1. The SMILES string of the molecule is CC(C)(C)C1CCC2(CC1)CN(c1ccc(Cl)cc1Cl)C(=O)N2Cc1ccc(C(=O)NCCC(=O)O)cc1. The molecule has 0 bridgehead atoms. The largest absolute Gasteiger partial charge is 0.481 e. The quantitative estimate of drug-likeness (QED) is 0.399. The zero-order chi connectivity index (χ0) is 27.7. The van der Waals surface area contributed by atoms with Gasteiger partial charge in [-0.25, -0.2) is 4.79 Å². The average Bonchev–Trinajstić information content (AvgIpc) is 3.10. The Bertz CT molecular complexity index is 1200. The Balaban J connectivity index is 1.56. The fourth-order valence-electron chi connectivity index (χ4n) is 5.70. The van der Waals surface area contributed by atoms with Crippen LogP contribution >= 0.6 is 23.2 Å². The average molecular weight is 561 g/mol. The van der Waals surface area contributed by atoms with Gasteiger partial charge in [-0.05, 0) is 72.9 Å². The molecule has 4 rings (SSSR count). The topological polar surface area (TPSA) is 90.0 Å². The third-order valence-corrected chi connectivity index (χ3v) is 8.55. The molecule has 1 aliphatic heterocycles. The molecule has 3 amide bonds. The van der Waals surface area contributed by atoms with Crippen LogP contribution in [0.15, 0.2) is 42.5 Å². The Morgan fingerprint density at radius 2 is 1.74 bits per heavy atom. The maximum atomic E-state index is 13.9. The molecule has 2 aromatic carbocycles. The first kappa shape index (κ1) is 28.2. The molecule has 9 heteroatoms.